The molecule has 27 heavy (non-hydrogen) atoms. The molecule has 0 aliphatic carbocycles. The maximum Gasteiger partial charge on any atom is 0.225 e. The summed E-state index contributed by atoms with van der Waals surface area (Å²) >= 11 is 1.59. The summed E-state index contributed by atoms with van der Waals surface area (Å²) in [5, 5.41) is 41.4. The van der Waals surface area contributed by atoms with Crippen LogP contribution < -0.4 is 0 Å². The van der Waals surface area contributed by atoms with Gasteiger partial charge in [0.2, 0.25) is 5.79 Å². The third-order valence-corrected chi connectivity index (χ3v) is 6.75. The van der Waals surface area contributed by atoms with E-state index in [0.29, 0.717) is 5.56 Å². The van der Waals surface area contributed by atoms with Crippen LogP contribution in [0.25, 0.3) is 0 Å². The fourth-order valence-corrected chi connectivity index (χ4v) is 4.82. The Kier molecular flexibility index (Phi) is 4.88. The van der Waals surface area contributed by atoms with Gasteiger partial charge in [0.25, 0.3) is 0 Å². The molecule has 0 saturated carbocycles. The van der Waals surface area contributed by atoms with Crippen molar-refractivity contribution in [2.45, 2.75) is 63.2 Å². The van der Waals surface area contributed by atoms with Crippen LogP contribution in [0.5, 0.6) is 0 Å². The molecular formula is C20H24O6S. The summed E-state index contributed by atoms with van der Waals surface area (Å²) in [5.74, 6) is -1.50. The van der Waals surface area contributed by atoms with Crippen LogP contribution >= 0.6 is 11.3 Å². The molecule has 2 aliphatic heterocycles. The molecule has 1 spiro atoms. The molecule has 1 saturated heterocycles. The van der Waals surface area contributed by atoms with Gasteiger partial charge in [0.1, 0.15) is 24.4 Å². The fourth-order valence-electron chi connectivity index (χ4n) is 3.85. The summed E-state index contributed by atoms with van der Waals surface area (Å²) in [6, 6.07) is 9.35. The lowest BCUT2D eigenvalue weighted by Gasteiger charge is -2.45. The van der Waals surface area contributed by atoms with Crippen molar-refractivity contribution in [2.75, 3.05) is 0 Å². The molecule has 146 valence electrons. The molecule has 2 aliphatic rings. The lowest BCUT2D eigenvalue weighted by atomic mass is 9.87. The van der Waals surface area contributed by atoms with E-state index < -0.39 is 36.3 Å². The van der Waals surface area contributed by atoms with Crippen molar-refractivity contribution in [1.82, 2.24) is 0 Å². The molecule has 2 aromatic rings. The Balaban J connectivity index is 1.66. The van der Waals surface area contributed by atoms with Crippen molar-refractivity contribution in [3.05, 3.63) is 56.8 Å². The largest absolute Gasteiger partial charge is 0.388 e. The van der Waals surface area contributed by atoms with Crippen LogP contribution in [0.2, 0.25) is 0 Å². The molecule has 1 aromatic carbocycles. The Labute approximate surface area is 161 Å². The first kappa shape index (κ1) is 19.0. The average Bonchev–Trinajstić information content (AvgIpc) is 3.30. The molecule has 0 amide bonds. The van der Waals surface area contributed by atoms with Crippen LogP contribution in [0, 0.1) is 0 Å². The number of aliphatic hydroxyl groups excluding tert-OH is 4. The molecule has 0 radical (unpaired) electrons. The second kappa shape index (κ2) is 6.93. The van der Waals surface area contributed by atoms with E-state index >= 15 is 0 Å². The van der Waals surface area contributed by atoms with Gasteiger partial charge in [0.15, 0.2) is 0 Å². The Morgan fingerprint density at radius 1 is 1.19 bits per heavy atom. The lowest BCUT2D eigenvalue weighted by molar-refractivity contribution is -0.362. The van der Waals surface area contributed by atoms with Crippen LogP contribution in [-0.4, -0.2) is 44.8 Å². The second-order valence-corrected chi connectivity index (χ2v) is 8.38. The minimum atomic E-state index is -1.50. The van der Waals surface area contributed by atoms with Gasteiger partial charge < -0.3 is 29.9 Å². The zero-order valence-electron chi connectivity index (χ0n) is 15.2. The van der Waals surface area contributed by atoms with Gasteiger partial charge in [-0.15, -0.1) is 11.3 Å². The lowest BCUT2D eigenvalue weighted by Crippen LogP contribution is -2.61. The number of aliphatic hydroxyl groups is 4. The molecule has 1 fully saturated rings. The van der Waals surface area contributed by atoms with Crippen molar-refractivity contribution < 1.29 is 29.9 Å². The summed E-state index contributed by atoms with van der Waals surface area (Å²) in [4.78, 5) is 2.09. The van der Waals surface area contributed by atoms with Gasteiger partial charge in [-0.1, -0.05) is 25.1 Å². The minimum absolute atomic E-state index is 0.188. The third-order valence-electron chi connectivity index (χ3n) is 5.47. The number of fused-ring (bicyclic) bond motifs is 2. The summed E-state index contributed by atoms with van der Waals surface area (Å²) < 4.78 is 11.6. The topological polar surface area (TPSA) is 99.4 Å². The van der Waals surface area contributed by atoms with Crippen LogP contribution in [-0.2, 0) is 28.3 Å². The number of aryl methyl sites for hydroxylation is 1. The molecule has 4 N–H and O–H groups in total. The van der Waals surface area contributed by atoms with E-state index in [-0.39, 0.29) is 6.61 Å². The molecule has 6 nitrogen and oxygen atoms in total. The summed E-state index contributed by atoms with van der Waals surface area (Å²) in [6.07, 6.45) is -4.47. The van der Waals surface area contributed by atoms with E-state index in [2.05, 4.69) is 6.92 Å². The summed E-state index contributed by atoms with van der Waals surface area (Å²) in [5.41, 5.74) is 2.13. The predicted molar refractivity (Wildman–Crippen MR) is 99.2 cm³/mol. The average molecular weight is 392 g/mol. The Morgan fingerprint density at radius 3 is 2.67 bits per heavy atom. The molecule has 0 bridgehead atoms. The fraction of sp³-hybridized carbons (Fsp3) is 0.500. The number of thiophene rings is 1. The first-order chi connectivity index (χ1) is 12.9. The highest BCUT2D eigenvalue weighted by Crippen LogP contribution is 2.46. The van der Waals surface area contributed by atoms with E-state index in [0.717, 1.165) is 22.4 Å². The number of hydrogen-bond acceptors (Lipinski definition) is 7. The molecule has 7 heteroatoms. The second-order valence-electron chi connectivity index (χ2n) is 7.18. The van der Waals surface area contributed by atoms with E-state index in [1.165, 1.54) is 4.88 Å². The Hall–Kier alpha value is -1.32. The highest BCUT2D eigenvalue weighted by Gasteiger charge is 2.57. The van der Waals surface area contributed by atoms with Gasteiger partial charge in [-0.2, -0.15) is 0 Å². The zero-order chi connectivity index (χ0) is 19.3. The third kappa shape index (κ3) is 2.94. The quantitative estimate of drug-likeness (QED) is 0.633. The van der Waals surface area contributed by atoms with E-state index in [1.807, 2.05) is 18.2 Å². The van der Waals surface area contributed by atoms with Crippen LogP contribution in [0.4, 0.5) is 0 Å². The monoisotopic (exact) mass is 392 g/mol. The smallest absolute Gasteiger partial charge is 0.225 e. The minimum Gasteiger partial charge on any atom is -0.388 e. The van der Waals surface area contributed by atoms with Gasteiger partial charge in [-0.3, -0.25) is 0 Å². The van der Waals surface area contributed by atoms with Gasteiger partial charge in [-0.05, 0) is 36.6 Å². The number of hydrogen-bond donors (Lipinski definition) is 4. The first-order valence-corrected chi connectivity index (χ1v) is 9.95. The predicted octanol–water partition coefficient (Wildman–Crippen LogP) is 1.58. The van der Waals surface area contributed by atoms with E-state index in [9.17, 15) is 20.4 Å². The maximum atomic E-state index is 10.7. The molecule has 6 atom stereocenters. The van der Waals surface area contributed by atoms with Gasteiger partial charge in [-0.25, -0.2) is 0 Å². The first-order valence-electron chi connectivity index (χ1n) is 9.13. The van der Waals surface area contributed by atoms with Crippen LogP contribution in [0.15, 0.2) is 30.3 Å². The van der Waals surface area contributed by atoms with E-state index in [1.54, 1.807) is 30.4 Å². The van der Waals surface area contributed by atoms with Crippen molar-refractivity contribution in [3.63, 3.8) is 0 Å². The molecule has 5 unspecified atom stereocenters. The van der Waals surface area contributed by atoms with Crippen molar-refractivity contribution in [1.29, 1.82) is 0 Å². The van der Waals surface area contributed by atoms with E-state index in [4.69, 9.17) is 9.47 Å². The number of benzene rings is 1. The highest BCUT2D eigenvalue weighted by atomic mass is 32.1. The number of rotatable bonds is 3. The van der Waals surface area contributed by atoms with Gasteiger partial charge in [0.05, 0.1) is 12.7 Å². The highest BCUT2D eigenvalue weighted by molar-refractivity contribution is 7.12. The standard InChI is InChI=1S/C20H24O6S/c1-3-13-5-7-15(27-13)17(22)11-4-6-14-12(8-11)9-25-20(14)19(24)18(23)16(21)10(2)26-20/h4-8,10,16-19,21-24H,3,9H2,1-2H3/t10?,16?,17-,18?,19?,20?/m0/s1. The van der Waals surface area contributed by atoms with Crippen molar-refractivity contribution in [2.24, 2.45) is 0 Å². The zero-order valence-corrected chi connectivity index (χ0v) is 16.0. The van der Waals surface area contributed by atoms with Crippen LogP contribution in [0.1, 0.15) is 46.4 Å². The van der Waals surface area contributed by atoms with Crippen LogP contribution in [0.3, 0.4) is 0 Å². The normalized spacial score (nSPS) is 34.0. The van der Waals surface area contributed by atoms with Gasteiger partial charge in [0, 0.05) is 15.3 Å². The summed E-state index contributed by atoms with van der Waals surface area (Å²) in [7, 11) is 0. The molecular weight excluding hydrogens is 368 g/mol. The molecule has 1 aromatic heterocycles. The molecule has 3 heterocycles. The Morgan fingerprint density at radius 2 is 1.96 bits per heavy atom. The maximum absolute atomic E-state index is 10.7. The van der Waals surface area contributed by atoms with Gasteiger partial charge >= 0.3 is 0 Å². The Bertz CT molecular complexity index is 836. The SMILES string of the molecule is CCc1ccc([C@@H](O)c2ccc3c(c2)COC32OC(C)C(O)C(O)C2O)s1. The number of ether oxygens (including phenoxy) is 2. The summed E-state index contributed by atoms with van der Waals surface area (Å²) in [6.45, 7) is 3.90. The van der Waals surface area contributed by atoms with Crippen molar-refractivity contribution in [3.8, 4) is 0 Å². The van der Waals surface area contributed by atoms with Crippen molar-refractivity contribution >= 4 is 11.3 Å². The molecule has 4 rings (SSSR count).